The molecule has 0 saturated heterocycles. The van der Waals surface area contributed by atoms with Crippen molar-refractivity contribution in [2.24, 2.45) is 0 Å². The van der Waals surface area contributed by atoms with Gasteiger partial charge >= 0.3 is 0 Å². The second kappa shape index (κ2) is 5.93. The van der Waals surface area contributed by atoms with Gasteiger partial charge in [0.2, 0.25) is 0 Å². The lowest BCUT2D eigenvalue weighted by atomic mass is 10.2. The molecule has 2 aromatic carbocycles. The maximum absolute atomic E-state index is 13.2. The van der Waals surface area contributed by atoms with E-state index in [0.717, 1.165) is 10.5 Å². The van der Waals surface area contributed by atoms with Gasteiger partial charge in [0.1, 0.15) is 17.4 Å². The minimum Gasteiger partial charge on any atom is -0.496 e. The van der Waals surface area contributed by atoms with Crippen molar-refractivity contribution in [3.8, 4) is 5.75 Å². The molecule has 2 nitrogen and oxygen atoms in total. The Morgan fingerprint density at radius 1 is 1.16 bits per heavy atom. The van der Waals surface area contributed by atoms with Gasteiger partial charge in [0.15, 0.2) is 0 Å². The van der Waals surface area contributed by atoms with Crippen molar-refractivity contribution in [3.63, 3.8) is 0 Å². The summed E-state index contributed by atoms with van der Waals surface area (Å²) in [6.07, 6.45) is 0. The maximum atomic E-state index is 13.2. The van der Waals surface area contributed by atoms with Crippen LogP contribution in [0, 0.1) is 11.6 Å². The molecule has 0 spiro atoms. The highest BCUT2D eigenvalue weighted by Crippen LogP contribution is 2.29. The Morgan fingerprint density at radius 2 is 1.95 bits per heavy atom. The highest BCUT2D eigenvalue weighted by Gasteiger charge is 2.06. The van der Waals surface area contributed by atoms with Crippen LogP contribution in [0.4, 0.5) is 14.5 Å². The Hall–Kier alpha value is -1.75. The number of hydrogen-bond acceptors (Lipinski definition) is 3. The topological polar surface area (TPSA) is 35.2 Å². The average molecular weight is 281 g/mol. The molecule has 0 atom stereocenters. The van der Waals surface area contributed by atoms with Crippen LogP contribution in [0.15, 0.2) is 41.3 Å². The van der Waals surface area contributed by atoms with Crippen LogP contribution in [0.25, 0.3) is 0 Å². The SMILES string of the molecule is COc1ccc(F)cc1CSc1ccc(F)c(N)c1. The summed E-state index contributed by atoms with van der Waals surface area (Å²) in [5.41, 5.74) is 6.35. The van der Waals surface area contributed by atoms with E-state index in [9.17, 15) is 8.78 Å². The van der Waals surface area contributed by atoms with Crippen LogP contribution in [-0.4, -0.2) is 7.11 Å². The second-order valence-electron chi connectivity index (χ2n) is 3.93. The number of halogens is 2. The van der Waals surface area contributed by atoms with Crippen molar-refractivity contribution >= 4 is 17.4 Å². The highest BCUT2D eigenvalue weighted by molar-refractivity contribution is 7.98. The van der Waals surface area contributed by atoms with Crippen molar-refractivity contribution < 1.29 is 13.5 Å². The lowest BCUT2D eigenvalue weighted by Crippen LogP contribution is -1.93. The third-order valence-electron chi connectivity index (χ3n) is 2.60. The summed E-state index contributed by atoms with van der Waals surface area (Å²) in [6, 6.07) is 8.89. The van der Waals surface area contributed by atoms with E-state index in [0.29, 0.717) is 11.5 Å². The minimum atomic E-state index is -0.437. The zero-order valence-corrected chi connectivity index (χ0v) is 11.1. The fourth-order valence-corrected chi connectivity index (χ4v) is 2.55. The second-order valence-corrected chi connectivity index (χ2v) is 4.98. The molecule has 2 rings (SSSR count). The average Bonchev–Trinajstić information content (AvgIpc) is 2.40. The van der Waals surface area contributed by atoms with Gasteiger partial charge in [0.05, 0.1) is 12.8 Å². The van der Waals surface area contributed by atoms with Crippen molar-refractivity contribution in [3.05, 3.63) is 53.6 Å². The van der Waals surface area contributed by atoms with Gasteiger partial charge in [0.25, 0.3) is 0 Å². The molecule has 0 fully saturated rings. The molecule has 19 heavy (non-hydrogen) atoms. The summed E-state index contributed by atoms with van der Waals surface area (Å²) in [6.45, 7) is 0. The highest BCUT2D eigenvalue weighted by atomic mass is 32.2. The number of thioether (sulfide) groups is 1. The number of benzene rings is 2. The Morgan fingerprint density at radius 3 is 2.63 bits per heavy atom. The lowest BCUT2D eigenvalue weighted by Gasteiger charge is -2.08. The summed E-state index contributed by atoms with van der Waals surface area (Å²) in [7, 11) is 1.54. The fourth-order valence-electron chi connectivity index (χ4n) is 1.63. The Kier molecular flexibility index (Phi) is 4.27. The van der Waals surface area contributed by atoms with Crippen molar-refractivity contribution in [2.45, 2.75) is 10.6 Å². The van der Waals surface area contributed by atoms with E-state index in [-0.39, 0.29) is 11.5 Å². The molecule has 0 saturated carbocycles. The number of nitrogens with two attached hydrogens (primary N) is 1. The number of hydrogen-bond donors (Lipinski definition) is 1. The van der Waals surface area contributed by atoms with Crippen LogP contribution in [0.3, 0.4) is 0 Å². The van der Waals surface area contributed by atoms with Gasteiger partial charge < -0.3 is 10.5 Å². The molecular formula is C14H13F2NOS. The molecule has 0 aromatic heterocycles. The monoisotopic (exact) mass is 281 g/mol. The van der Waals surface area contributed by atoms with Crippen LogP contribution < -0.4 is 10.5 Å². The Labute approximate surface area is 114 Å². The number of nitrogen functional groups attached to an aromatic ring is 1. The number of methoxy groups -OCH3 is 1. The molecule has 0 heterocycles. The summed E-state index contributed by atoms with van der Waals surface area (Å²) >= 11 is 1.44. The molecule has 0 aliphatic heterocycles. The molecule has 0 radical (unpaired) electrons. The van der Waals surface area contributed by atoms with E-state index in [1.165, 1.54) is 37.1 Å². The summed E-state index contributed by atoms with van der Waals surface area (Å²) in [4.78, 5) is 0.824. The fraction of sp³-hybridized carbons (Fsp3) is 0.143. The van der Waals surface area contributed by atoms with Gasteiger partial charge in [-0.2, -0.15) is 0 Å². The predicted molar refractivity (Wildman–Crippen MR) is 73.3 cm³/mol. The largest absolute Gasteiger partial charge is 0.496 e. The first-order valence-electron chi connectivity index (χ1n) is 5.60. The normalized spacial score (nSPS) is 10.5. The first kappa shape index (κ1) is 13.7. The molecule has 0 aliphatic rings. The molecule has 0 amide bonds. The van der Waals surface area contributed by atoms with Gasteiger partial charge in [-0.05, 0) is 36.4 Å². The molecule has 2 aromatic rings. The minimum absolute atomic E-state index is 0.108. The van der Waals surface area contributed by atoms with Crippen molar-refractivity contribution in [1.29, 1.82) is 0 Å². The van der Waals surface area contributed by atoms with E-state index in [1.54, 1.807) is 18.2 Å². The third kappa shape index (κ3) is 3.38. The van der Waals surface area contributed by atoms with Gasteiger partial charge in [-0.1, -0.05) is 0 Å². The first-order chi connectivity index (χ1) is 9.10. The van der Waals surface area contributed by atoms with Gasteiger partial charge in [-0.15, -0.1) is 11.8 Å². The van der Waals surface area contributed by atoms with E-state index in [1.807, 2.05) is 0 Å². The van der Waals surface area contributed by atoms with E-state index < -0.39 is 5.82 Å². The smallest absolute Gasteiger partial charge is 0.146 e. The van der Waals surface area contributed by atoms with Crippen molar-refractivity contribution in [2.75, 3.05) is 12.8 Å². The van der Waals surface area contributed by atoms with Gasteiger partial charge in [0, 0.05) is 16.2 Å². The summed E-state index contributed by atoms with van der Waals surface area (Å²) in [5.74, 6) is 0.401. The van der Waals surface area contributed by atoms with Crippen LogP contribution in [0.5, 0.6) is 5.75 Å². The van der Waals surface area contributed by atoms with Crippen molar-refractivity contribution in [1.82, 2.24) is 0 Å². The van der Waals surface area contributed by atoms with Crippen LogP contribution in [0.1, 0.15) is 5.56 Å². The number of anilines is 1. The molecule has 0 bridgehead atoms. The summed E-state index contributed by atoms with van der Waals surface area (Å²) < 4.78 is 31.4. The molecule has 100 valence electrons. The van der Waals surface area contributed by atoms with Gasteiger partial charge in [-0.25, -0.2) is 8.78 Å². The number of rotatable bonds is 4. The number of ether oxygens (including phenoxy) is 1. The van der Waals surface area contributed by atoms with E-state index in [2.05, 4.69) is 0 Å². The molecule has 0 unspecified atom stereocenters. The zero-order valence-electron chi connectivity index (χ0n) is 10.3. The van der Waals surface area contributed by atoms with Crippen LogP contribution in [-0.2, 0) is 5.75 Å². The predicted octanol–water partition coefficient (Wildman–Crippen LogP) is 3.85. The van der Waals surface area contributed by atoms with Crippen LogP contribution in [0.2, 0.25) is 0 Å². The van der Waals surface area contributed by atoms with Gasteiger partial charge in [-0.3, -0.25) is 0 Å². The third-order valence-corrected chi connectivity index (χ3v) is 3.65. The maximum Gasteiger partial charge on any atom is 0.146 e. The quantitative estimate of drug-likeness (QED) is 0.683. The molecule has 2 N–H and O–H groups in total. The standard InChI is InChI=1S/C14H13F2NOS/c1-18-14-5-2-10(15)6-9(14)8-19-11-3-4-12(16)13(17)7-11/h2-7H,8,17H2,1H3. The van der Waals surface area contributed by atoms with Crippen LogP contribution >= 0.6 is 11.8 Å². The zero-order chi connectivity index (χ0) is 13.8. The lowest BCUT2D eigenvalue weighted by molar-refractivity contribution is 0.410. The van der Waals surface area contributed by atoms with E-state index in [4.69, 9.17) is 10.5 Å². The Balaban J connectivity index is 2.13. The van der Waals surface area contributed by atoms with E-state index >= 15 is 0 Å². The molecule has 5 heteroatoms. The Bertz CT molecular complexity index is 590. The molecule has 0 aliphatic carbocycles. The molecular weight excluding hydrogens is 268 g/mol. The first-order valence-corrected chi connectivity index (χ1v) is 6.59. The summed E-state index contributed by atoms with van der Waals surface area (Å²) in [5, 5.41) is 0.